The number of nitrogens with one attached hydrogen (secondary N) is 1. The summed E-state index contributed by atoms with van der Waals surface area (Å²) in [5, 5.41) is 13.4. The molecule has 0 aliphatic carbocycles. The van der Waals surface area contributed by atoms with Gasteiger partial charge in [0.25, 0.3) is 11.6 Å². The first-order chi connectivity index (χ1) is 12.3. The van der Waals surface area contributed by atoms with Crippen LogP contribution in [0.15, 0.2) is 47.4 Å². The fraction of sp³-hybridized carbons (Fsp3) is 0.176. The van der Waals surface area contributed by atoms with E-state index in [1.165, 1.54) is 30.5 Å². The summed E-state index contributed by atoms with van der Waals surface area (Å²) in [6, 6.07) is 10.6. The van der Waals surface area contributed by atoms with Gasteiger partial charge in [0.15, 0.2) is 6.61 Å². The molecule has 0 bridgehead atoms. The van der Waals surface area contributed by atoms with Gasteiger partial charge in [0, 0.05) is 12.3 Å². The van der Waals surface area contributed by atoms with Crippen LogP contribution in [0.2, 0.25) is 0 Å². The average Bonchev–Trinajstić information content (AvgIpc) is 2.61. The molecule has 26 heavy (non-hydrogen) atoms. The van der Waals surface area contributed by atoms with Gasteiger partial charge in [-0.2, -0.15) is 0 Å². The number of esters is 1. The van der Waals surface area contributed by atoms with Crippen molar-refractivity contribution in [3.63, 3.8) is 0 Å². The number of nitro groups is 1. The van der Waals surface area contributed by atoms with Crippen LogP contribution >= 0.6 is 0 Å². The molecule has 8 nitrogen and oxygen atoms in total. The lowest BCUT2D eigenvalue weighted by molar-refractivity contribution is -0.384. The molecule has 1 N–H and O–H groups in total. The molecule has 1 atom stereocenters. The number of para-hydroxylation sites is 1. The Balaban J connectivity index is 2.08. The summed E-state index contributed by atoms with van der Waals surface area (Å²) in [6.07, 6.45) is 1.43. The van der Waals surface area contributed by atoms with Crippen molar-refractivity contribution in [1.82, 2.24) is 0 Å². The van der Waals surface area contributed by atoms with Gasteiger partial charge in [0.05, 0.1) is 26.2 Å². The maximum Gasteiger partial charge on any atom is 0.339 e. The standard InChI is InChI=1S/C17H16N2O6S/c1-11-6-5-8-13(19(22)23)16(11)18-15(20)10-25-17(21)12-7-3-4-9-14(12)26(2)24/h3-9H,10H2,1-2H3,(H,18,20)/t26-/m1/s1. The Labute approximate surface area is 151 Å². The van der Waals surface area contributed by atoms with Gasteiger partial charge in [-0.1, -0.05) is 24.3 Å². The average molecular weight is 376 g/mol. The zero-order chi connectivity index (χ0) is 19.3. The van der Waals surface area contributed by atoms with Gasteiger partial charge in [-0.15, -0.1) is 0 Å². The van der Waals surface area contributed by atoms with E-state index in [4.69, 9.17) is 4.74 Å². The molecule has 0 aliphatic heterocycles. The predicted molar refractivity (Wildman–Crippen MR) is 95.5 cm³/mol. The Bertz CT molecular complexity index is 897. The largest absolute Gasteiger partial charge is 0.452 e. The molecular weight excluding hydrogens is 360 g/mol. The highest BCUT2D eigenvalue weighted by Crippen LogP contribution is 2.27. The molecule has 2 aromatic rings. The zero-order valence-corrected chi connectivity index (χ0v) is 14.9. The molecule has 0 aliphatic rings. The van der Waals surface area contributed by atoms with Crippen LogP contribution in [0.1, 0.15) is 15.9 Å². The summed E-state index contributed by atoms with van der Waals surface area (Å²) in [6.45, 7) is 0.983. The van der Waals surface area contributed by atoms with Crippen LogP contribution in [-0.4, -0.2) is 33.9 Å². The Morgan fingerprint density at radius 2 is 1.88 bits per heavy atom. The van der Waals surface area contributed by atoms with E-state index in [-0.39, 0.29) is 16.9 Å². The number of benzene rings is 2. The highest BCUT2D eigenvalue weighted by atomic mass is 32.2. The van der Waals surface area contributed by atoms with Crippen LogP contribution in [-0.2, 0) is 20.3 Å². The van der Waals surface area contributed by atoms with Crippen LogP contribution in [0, 0.1) is 17.0 Å². The van der Waals surface area contributed by atoms with Gasteiger partial charge in [0.2, 0.25) is 0 Å². The number of aryl methyl sites for hydroxylation is 1. The SMILES string of the molecule is Cc1cccc([N+](=O)[O-])c1NC(=O)COC(=O)c1ccccc1[S@@](C)=O. The number of rotatable bonds is 6. The Morgan fingerprint density at radius 1 is 1.19 bits per heavy atom. The number of carbonyl (C=O) groups excluding carboxylic acids is 2. The molecule has 0 saturated heterocycles. The predicted octanol–water partition coefficient (Wildman–Crippen LogP) is 2.44. The first-order valence-electron chi connectivity index (χ1n) is 7.44. The van der Waals surface area contributed by atoms with Crippen molar-refractivity contribution >= 4 is 34.1 Å². The first kappa shape index (κ1) is 19.3. The molecule has 9 heteroatoms. The number of hydrogen-bond acceptors (Lipinski definition) is 6. The number of carbonyl (C=O) groups is 2. The van der Waals surface area contributed by atoms with Crippen LogP contribution < -0.4 is 5.32 Å². The lowest BCUT2D eigenvalue weighted by Gasteiger charge is -2.10. The molecule has 2 rings (SSSR count). The van der Waals surface area contributed by atoms with Crippen LogP contribution in [0.25, 0.3) is 0 Å². The highest BCUT2D eigenvalue weighted by molar-refractivity contribution is 7.84. The van der Waals surface area contributed by atoms with Crippen molar-refractivity contribution in [1.29, 1.82) is 0 Å². The normalized spacial score (nSPS) is 11.5. The number of nitrogens with zero attached hydrogens (tertiary/aromatic N) is 1. The molecule has 0 aromatic heterocycles. The lowest BCUT2D eigenvalue weighted by atomic mass is 10.1. The van der Waals surface area contributed by atoms with Gasteiger partial charge in [-0.05, 0) is 24.6 Å². The molecule has 0 radical (unpaired) electrons. The van der Waals surface area contributed by atoms with Gasteiger partial charge in [0.1, 0.15) is 5.69 Å². The third kappa shape index (κ3) is 4.51. The number of ether oxygens (including phenoxy) is 1. The minimum atomic E-state index is -1.39. The number of nitro benzene ring substituents is 1. The van der Waals surface area contributed by atoms with E-state index in [1.807, 2.05) is 0 Å². The van der Waals surface area contributed by atoms with Crippen molar-refractivity contribution < 1.29 is 23.5 Å². The van der Waals surface area contributed by atoms with Gasteiger partial charge in [-0.25, -0.2) is 4.79 Å². The minimum absolute atomic E-state index is 0.0496. The van der Waals surface area contributed by atoms with Crippen molar-refractivity contribution in [3.8, 4) is 0 Å². The molecule has 0 saturated carbocycles. The zero-order valence-electron chi connectivity index (χ0n) is 14.1. The molecule has 0 fully saturated rings. The topological polar surface area (TPSA) is 116 Å². The highest BCUT2D eigenvalue weighted by Gasteiger charge is 2.20. The second-order valence-electron chi connectivity index (χ2n) is 5.30. The molecule has 2 aromatic carbocycles. The maximum atomic E-state index is 12.1. The van der Waals surface area contributed by atoms with Crippen molar-refractivity contribution in [2.75, 3.05) is 18.2 Å². The van der Waals surface area contributed by atoms with Gasteiger partial charge < -0.3 is 10.1 Å². The third-order valence-corrected chi connectivity index (χ3v) is 4.44. The summed E-state index contributed by atoms with van der Waals surface area (Å²) >= 11 is 0. The van der Waals surface area contributed by atoms with Crippen molar-refractivity contribution in [3.05, 3.63) is 63.7 Å². The van der Waals surface area contributed by atoms with Crippen molar-refractivity contribution in [2.45, 2.75) is 11.8 Å². The number of hydrogen-bond donors (Lipinski definition) is 1. The first-order valence-corrected chi connectivity index (χ1v) is 9.00. The van der Waals surface area contributed by atoms with Gasteiger partial charge in [-0.3, -0.25) is 19.1 Å². The second-order valence-corrected chi connectivity index (χ2v) is 6.65. The Hall–Kier alpha value is -3.07. The Morgan fingerprint density at radius 3 is 2.54 bits per heavy atom. The maximum absolute atomic E-state index is 12.1. The Kier molecular flexibility index (Phi) is 6.18. The van der Waals surface area contributed by atoms with E-state index in [0.29, 0.717) is 10.5 Å². The fourth-order valence-electron chi connectivity index (χ4n) is 2.24. The van der Waals surface area contributed by atoms with Crippen molar-refractivity contribution in [2.24, 2.45) is 0 Å². The number of amides is 1. The molecule has 1 amide bonds. The fourth-order valence-corrected chi connectivity index (χ4v) is 2.97. The molecule has 136 valence electrons. The second kappa shape index (κ2) is 8.34. The summed E-state index contributed by atoms with van der Waals surface area (Å²) in [5.41, 5.74) is 0.402. The van der Waals surface area contributed by atoms with Gasteiger partial charge >= 0.3 is 5.97 Å². The minimum Gasteiger partial charge on any atom is -0.452 e. The van der Waals surface area contributed by atoms with E-state index in [2.05, 4.69) is 5.32 Å². The summed E-state index contributed by atoms with van der Waals surface area (Å²) in [4.78, 5) is 34.9. The third-order valence-electron chi connectivity index (χ3n) is 3.46. The molecule has 0 heterocycles. The van der Waals surface area contributed by atoms with Crippen LogP contribution in [0.4, 0.5) is 11.4 Å². The summed E-state index contributed by atoms with van der Waals surface area (Å²) < 4.78 is 16.6. The van der Waals surface area contributed by atoms with E-state index in [0.717, 1.165) is 0 Å². The van der Waals surface area contributed by atoms with E-state index in [9.17, 15) is 23.9 Å². The smallest absolute Gasteiger partial charge is 0.339 e. The number of anilines is 1. The molecule has 0 spiro atoms. The summed E-state index contributed by atoms with van der Waals surface area (Å²) in [5.74, 6) is -1.52. The lowest BCUT2D eigenvalue weighted by Crippen LogP contribution is -2.22. The molecular formula is C17H16N2O6S. The van der Waals surface area contributed by atoms with Crippen LogP contribution in [0.5, 0.6) is 0 Å². The monoisotopic (exact) mass is 376 g/mol. The van der Waals surface area contributed by atoms with Crippen LogP contribution in [0.3, 0.4) is 0 Å². The van der Waals surface area contributed by atoms with E-state index in [1.54, 1.807) is 25.1 Å². The van der Waals surface area contributed by atoms with E-state index >= 15 is 0 Å². The van der Waals surface area contributed by atoms with E-state index < -0.39 is 34.2 Å². The molecule has 0 unspecified atom stereocenters. The summed E-state index contributed by atoms with van der Waals surface area (Å²) in [7, 11) is -1.39. The quantitative estimate of drug-likeness (QED) is 0.470.